The molecule has 0 radical (unpaired) electrons. The van der Waals surface area contributed by atoms with Gasteiger partial charge in [-0.3, -0.25) is 0 Å². The second-order valence-corrected chi connectivity index (χ2v) is 1.67. The lowest BCUT2D eigenvalue weighted by molar-refractivity contribution is -0.131. The van der Waals surface area contributed by atoms with Crippen LogP contribution in [0.3, 0.4) is 0 Å². The van der Waals surface area contributed by atoms with Crippen LogP contribution in [0, 0.1) is 0 Å². The minimum atomic E-state index is -1.01. The lowest BCUT2D eigenvalue weighted by Gasteiger charge is -1.77. The molecule has 0 aromatic rings. The average Bonchev–Trinajstić information content (AvgIpc) is 1.27. The molecule has 0 amide bonds. The van der Waals surface area contributed by atoms with E-state index >= 15 is 0 Å². The summed E-state index contributed by atoms with van der Waals surface area (Å²) < 4.78 is 0. The summed E-state index contributed by atoms with van der Waals surface area (Å²) in [5, 5.41) is 8.21. The minimum Gasteiger partial charge on any atom is -0.478 e. The van der Waals surface area contributed by atoms with Crippen molar-refractivity contribution in [3.63, 3.8) is 0 Å². The number of aliphatic carboxylic acids is 1. The van der Waals surface area contributed by atoms with Crippen LogP contribution < -0.4 is 0 Å². The van der Waals surface area contributed by atoms with Crippen molar-refractivity contribution in [2.24, 2.45) is 0 Å². The molecular formula is C4H5ClO2. The molecule has 40 valence electrons. The normalized spacial score (nSPS) is 11.4. The zero-order chi connectivity index (χ0) is 5.86. The predicted molar refractivity (Wildman–Crippen MR) is 27.2 cm³/mol. The Bertz CT molecular complexity index is 102. The van der Waals surface area contributed by atoms with Gasteiger partial charge in [0, 0.05) is 11.1 Å². The molecule has 0 aromatic heterocycles. The molecule has 3 heteroatoms. The molecule has 0 fully saturated rings. The Kier molecular flexibility index (Phi) is 2.45. The summed E-state index contributed by atoms with van der Waals surface area (Å²) in [6.07, 6.45) is 0.932. The lowest BCUT2D eigenvalue weighted by atomic mass is 10.5. The standard InChI is InChI=1S/C4H5ClO2/c1-3(5)2-4(6)7/h2H,1H3,(H,6,7). The Morgan fingerprint density at radius 2 is 2.29 bits per heavy atom. The van der Waals surface area contributed by atoms with Crippen LogP contribution in [-0.4, -0.2) is 11.1 Å². The number of carbonyl (C=O) groups is 1. The second kappa shape index (κ2) is 2.64. The highest BCUT2D eigenvalue weighted by atomic mass is 35.5. The molecule has 0 unspecified atom stereocenters. The van der Waals surface area contributed by atoms with E-state index in [-0.39, 0.29) is 5.03 Å². The van der Waals surface area contributed by atoms with Crippen molar-refractivity contribution in [2.75, 3.05) is 0 Å². The van der Waals surface area contributed by atoms with Crippen molar-refractivity contribution in [2.45, 2.75) is 6.92 Å². The fourth-order valence-corrected chi connectivity index (χ4v) is 0.263. The number of carboxylic acids is 1. The zero-order valence-corrected chi connectivity index (χ0v) is 4.57. The molecule has 0 aliphatic carbocycles. The third kappa shape index (κ3) is 5.50. The summed E-state index contributed by atoms with van der Waals surface area (Å²) in [7, 11) is 0. The van der Waals surface area contributed by atoms with E-state index in [1.165, 1.54) is 6.92 Å². The molecule has 0 aliphatic heterocycles. The topological polar surface area (TPSA) is 37.3 Å². The van der Waals surface area contributed by atoms with Crippen LogP contribution >= 0.6 is 11.6 Å². The van der Waals surface area contributed by atoms with Gasteiger partial charge in [0.2, 0.25) is 0 Å². The van der Waals surface area contributed by atoms with Gasteiger partial charge in [-0.2, -0.15) is 0 Å². The smallest absolute Gasteiger partial charge is 0.329 e. The van der Waals surface area contributed by atoms with Gasteiger partial charge in [0.05, 0.1) is 0 Å². The van der Waals surface area contributed by atoms with Crippen LogP contribution in [0.5, 0.6) is 0 Å². The first-order valence-corrected chi connectivity index (χ1v) is 2.07. The number of carboxylic acid groups (broad SMARTS) is 1. The number of allylic oxidation sites excluding steroid dienone is 1. The van der Waals surface area contributed by atoms with Gasteiger partial charge in [0.25, 0.3) is 0 Å². The Morgan fingerprint density at radius 3 is 2.29 bits per heavy atom. The Hall–Kier alpha value is -0.500. The van der Waals surface area contributed by atoms with Crippen molar-refractivity contribution in [1.82, 2.24) is 0 Å². The van der Waals surface area contributed by atoms with Crippen LogP contribution in [0.25, 0.3) is 0 Å². The molecule has 0 aliphatic rings. The molecule has 0 atom stereocenters. The summed E-state index contributed by atoms with van der Waals surface area (Å²) in [6, 6.07) is 0. The molecule has 0 rings (SSSR count). The number of rotatable bonds is 1. The summed E-state index contributed by atoms with van der Waals surface area (Å²) >= 11 is 5.15. The van der Waals surface area contributed by atoms with Crippen molar-refractivity contribution >= 4 is 17.6 Å². The van der Waals surface area contributed by atoms with Gasteiger partial charge in [-0.05, 0) is 6.92 Å². The van der Waals surface area contributed by atoms with E-state index in [0.29, 0.717) is 0 Å². The van der Waals surface area contributed by atoms with Crippen LogP contribution in [0.15, 0.2) is 11.1 Å². The molecular weight excluding hydrogens is 115 g/mol. The van der Waals surface area contributed by atoms with E-state index < -0.39 is 5.97 Å². The lowest BCUT2D eigenvalue weighted by Crippen LogP contribution is -1.85. The molecule has 1 N–H and O–H groups in total. The van der Waals surface area contributed by atoms with Crippen molar-refractivity contribution in [3.8, 4) is 0 Å². The largest absolute Gasteiger partial charge is 0.478 e. The van der Waals surface area contributed by atoms with E-state index in [4.69, 9.17) is 16.7 Å². The third-order valence-corrected chi connectivity index (χ3v) is 0.431. The highest BCUT2D eigenvalue weighted by molar-refractivity contribution is 6.30. The average molecular weight is 121 g/mol. The summed E-state index contributed by atoms with van der Waals surface area (Å²) in [6.45, 7) is 1.51. The number of halogens is 1. The summed E-state index contributed by atoms with van der Waals surface area (Å²) in [5.41, 5.74) is 0. The maximum atomic E-state index is 9.65. The molecule has 0 aromatic carbocycles. The maximum Gasteiger partial charge on any atom is 0.329 e. The van der Waals surface area contributed by atoms with Gasteiger partial charge in [-0.1, -0.05) is 11.6 Å². The highest BCUT2D eigenvalue weighted by Crippen LogP contribution is 1.95. The van der Waals surface area contributed by atoms with E-state index in [2.05, 4.69) is 0 Å². The second-order valence-electron chi connectivity index (χ2n) is 1.07. The Balaban J connectivity index is 3.68. The van der Waals surface area contributed by atoms with Crippen molar-refractivity contribution < 1.29 is 9.90 Å². The fourth-order valence-electron chi connectivity index (χ4n) is 0.170. The van der Waals surface area contributed by atoms with E-state index in [1.54, 1.807) is 0 Å². The van der Waals surface area contributed by atoms with E-state index in [1.807, 2.05) is 0 Å². The molecule has 0 bridgehead atoms. The molecule has 0 spiro atoms. The molecule has 0 heterocycles. The van der Waals surface area contributed by atoms with Gasteiger partial charge >= 0.3 is 5.97 Å². The number of hydrogen-bond acceptors (Lipinski definition) is 1. The Labute approximate surface area is 46.4 Å². The maximum absolute atomic E-state index is 9.65. The SMILES string of the molecule is CC(Cl)=CC(=O)O. The first-order chi connectivity index (χ1) is 3.13. The van der Waals surface area contributed by atoms with Gasteiger partial charge < -0.3 is 5.11 Å². The van der Waals surface area contributed by atoms with Gasteiger partial charge in [0.1, 0.15) is 0 Å². The molecule has 2 nitrogen and oxygen atoms in total. The van der Waals surface area contributed by atoms with Gasteiger partial charge in [-0.15, -0.1) is 0 Å². The molecule has 7 heavy (non-hydrogen) atoms. The minimum absolute atomic E-state index is 0.285. The number of hydrogen-bond donors (Lipinski definition) is 1. The van der Waals surface area contributed by atoms with E-state index in [0.717, 1.165) is 6.08 Å². The van der Waals surface area contributed by atoms with Crippen molar-refractivity contribution in [1.29, 1.82) is 0 Å². The van der Waals surface area contributed by atoms with Crippen LogP contribution in [0.4, 0.5) is 0 Å². The monoisotopic (exact) mass is 120 g/mol. The predicted octanol–water partition coefficient (Wildman–Crippen LogP) is 1.21. The quantitative estimate of drug-likeness (QED) is 0.528. The fraction of sp³-hybridized carbons (Fsp3) is 0.250. The molecule has 0 saturated carbocycles. The summed E-state index contributed by atoms with van der Waals surface area (Å²) in [4.78, 5) is 9.65. The summed E-state index contributed by atoms with van der Waals surface area (Å²) in [5.74, 6) is -1.01. The molecule has 0 saturated heterocycles. The first kappa shape index (κ1) is 6.50. The van der Waals surface area contributed by atoms with Gasteiger partial charge in [-0.25, -0.2) is 4.79 Å². The van der Waals surface area contributed by atoms with Crippen LogP contribution in [0.1, 0.15) is 6.92 Å². The van der Waals surface area contributed by atoms with Crippen LogP contribution in [0.2, 0.25) is 0 Å². The third-order valence-electron chi connectivity index (χ3n) is 0.322. The van der Waals surface area contributed by atoms with Gasteiger partial charge in [0.15, 0.2) is 0 Å². The first-order valence-electron chi connectivity index (χ1n) is 1.69. The van der Waals surface area contributed by atoms with E-state index in [9.17, 15) is 4.79 Å². The van der Waals surface area contributed by atoms with Crippen molar-refractivity contribution in [3.05, 3.63) is 11.1 Å². The van der Waals surface area contributed by atoms with Crippen LogP contribution in [-0.2, 0) is 4.79 Å². The Morgan fingerprint density at radius 1 is 1.86 bits per heavy atom. The zero-order valence-electron chi connectivity index (χ0n) is 3.81. The highest BCUT2D eigenvalue weighted by Gasteiger charge is 1.85.